The summed E-state index contributed by atoms with van der Waals surface area (Å²) in [5.41, 5.74) is 3.77. The van der Waals surface area contributed by atoms with E-state index in [-0.39, 0.29) is 0 Å². The molecule has 20 heavy (non-hydrogen) atoms. The molecule has 0 fully saturated rings. The Labute approximate surface area is 126 Å². The van der Waals surface area contributed by atoms with Gasteiger partial charge in [0.05, 0.1) is 5.52 Å². The first-order valence-corrected chi connectivity index (χ1v) is 7.24. The van der Waals surface area contributed by atoms with Gasteiger partial charge in [-0.15, -0.1) is 0 Å². The molecule has 3 rings (SSSR count). The summed E-state index contributed by atoms with van der Waals surface area (Å²) in [6, 6.07) is 15.7. The van der Waals surface area contributed by atoms with Gasteiger partial charge in [-0.2, -0.15) is 0 Å². The second kappa shape index (κ2) is 5.35. The molecule has 0 aliphatic carbocycles. The first-order chi connectivity index (χ1) is 9.66. The first kappa shape index (κ1) is 13.3. The van der Waals surface area contributed by atoms with Gasteiger partial charge in [-0.1, -0.05) is 40.2 Å². The van der Waals surface area contributed by atoms with E-state index in [1.165, 1.54) is 0 Å². The summed E-state index contributed by atoms with van der Waals surface area (Å²) in [7, 11) is 0. The van der Waals surface area contributed by atoms with Gasteiger partial charge < -0.3 is 5.11 Å². The molecule has 1 heterocycles. The molecular weight excluding hydrogens is 314 g/mol. The maximum Gasteiger partial charge on any atom is 0.105 e. The standard InChI is InChI=1S/C17H14BrNO/c1-11-7-8-12(18)10-15(11)17(20)14-4-2-6-16-13(14)5-3-9-19-16/h2-10,17,20H,1H3. The topological polar surface area (TPSA) is 33.1 Å². The molecule has 0 aliphatic heterocycles. The van der Waals surface area contributed by atoms with Crippen molar-refractivity contribution in [3.05, 3.63) is 75.9 Å². The zero-order valence-corrected chi connectivity index (χ0v) is 12.6. The zero-order valence-electron chi connectivity index (χ0n) is 11.0. The Hall–Kier alpha value is -1.71. The molecule has 0 amide bonds. The number of aliphatic hydroxyl groups excluding tert-OH is 1. The van der Waals surface area contributed by atoms with Gasteiger partial charge in [0.25, 0.3) is 0 Å². The molecule has 1 N–H and O–H groups in total. The highest BCUT2D eigenvalue weighted by molar-refractivity contribution is 9.10. The van der Waals surface area contributed by atoms with Crippen molar-refractivity contribution in [2.24, 2.45) is 0 Å². The summed E-state index contributed by atoms with van der Waals surface area (Å²) >= 11 is 3.46. The van der Waals surface area contributed by atoms with E-state index in [2.05, 4.69) is 20.9 Å². The molecule has 0 radical (unpaired) electrons. The second-order valence-electron chi connectivity index (χ2n) is 4.82. The van der Waals surface area contributed by atoms with Gasteiger partial charge in [0.1, 0.15) is 6.10 Å². The SMILES string of the molecule is Cc1ccc(Br)cc1C(O)c1cccc2ncccc12. The molecular formula is C17H14BrNO. The van der Waals surface area contributed by atoms with E-state index in [0.717, 1.165) is 32.1 Å². The predicted molar refractivity (Wildman–Crippen MR) is 84.7 cm³/mol. The summed E-state index contributed by atoms with van der Waals surface area (Å²) < 4.78 is 0.968. The van der Waals surface area contributed by atoms with Gasteiger partial charge in [0, 0.05) is 16.1 Å². The summed E-state index contributed by atoms with van der Waals surface area (Å²) in [6.45, 7) is 2.01. The third-order valence-corrected chi connectivity index (χ3v) is 4.00. The van der Waals surface area contributed by atoms with Gasteiger partial charge in [0.15, 0.2) is 0 Å². The Bertz CT molecular complexity index is 765. The third kappa shape index (κ3) is 2.35. The van der Waals surface area contributed by atoms with Gasteiger partial charge in [-0.25, -0.2) is 0 Å². The van der Waals surface area contributed by atoms with Crippen LogP contribution >= 0.6 is 15.9 Å². The van der Waals surface area contributed by atoms with E-state index in [9.17, 15) is 5.11 Å². The van der Waals surface area contributed by atoms with Crippen molar-refractivity contribution in [2.75, 3.05) is 0 Å². The van der Waals surface area contributed by atoms with Crippen molar-refractivity contribution < 1.29 is 5.11 Å². The molecule has 0 saturated heterocycles. The minimum Gasteiger partial charge on any atom is -0.384 e. The lowest BCUT2D eigenvalue weighted by Crippen LogP contribution is -2.03. The fourth-order valence-corrected chi connectivity index (χ4v) is 2.82. The van der Waals surface area contributed by atoms with Crippen LogP contribution in [0, 0.1) is 6.92 Å². The number of benzene rings is 2. The Morgan fingerprint density at radius 3 is 2.75 bits per heavy atom. The second-order valence-corrected chi connectivity index (χ2v) is 5.74. The molecule has 0 saturated carbocycles. The molecule has 2 aromatic carbocycles. The summed E-state index contributed by atoms with van der Waals surface area (Å²) in [4.78, 5) is 4.34. The number of hydrogen-bond donors (Lipinski definition) is 1. The Morgan fingerprint density at radius 2 is 1.90 bits per heavy atom. The largest absolute Gasteiger partial charge is 0.384 e. The van der Waals surface area contributed by atoms with Gasteiger partial charge in [0.2, 0.25) is 0 Å². The van der Waals surface area contributed by atoms with Crippen LogP contribution in [0.1, 0.15) is 22.8 Å². The van der Waals surface area contributed by atoms with E-state index in [1.54, 1.807) is 6.20 Å². The van der Waals surface area contributed by atoms with E-state index in [1.807, 2.05) is 55.5 Å². The summed E-state index contributed by atoms with van der Waals surface area (Å²) in [5.74, 6) is 0. The lowest BCUT2D eigenvalue weighted by Gasteiger charge is -2.16. The lowest BCUT2D eigenvalue weighted by atomic mass is 9.95. The predicted octanol–water partition coefficient (Wildman–Crippen LogP) is 4.39. The number of aromatic nitrogens is 1. The fraction of sp³-hybridized carbons (Fsp3) is 0.118. The molecule has 0 aliphatic rings. The molecule has 1 atom stereocenters. The number of pyridine rings is 1. The molecule has 1 unspecified atom stereocenters. The van der Waals surface area contributed by atoms with Crippen LogP contribution in [0.15, 0.2) is 59.2 Å². The number of aryl methyl sites for hydroxylation is 1. The van der Waals surface area contributed by atoms with E-state index in [4.69, 9.17) is 0 Å². The average molecular weight is 328 g/mol. The molecule has 0 spiro atoms. The van der Waals surface area contributed by atoms with Crippen molar-refractivity contribution in [3.8, 4) is 0 Å². The highest BCUT2D eigenvalue weighted by atomic mass is 79.9. The molecule has 0 bridgehead atoms. The summed E-state index contributed by atoms with van der Waals surface area (Å²) in [5, 5.41) is 11.7. The number of aliphatic hydroxyl groups is 1. The van der Waals surface area contributed by atoms with E-state index in [0.29, 0.717) is 0 Å². The minimum absolute atomic E-state index is 0.652. The third-order valence-electron chi connectivity index (χ3n) is 3.51. The molecule has 3 heteroatoms. The van der Waals surface area contributed by atoms with Crippen LogP contribution < -0.4 is 0 Å². The number of fused-ring (bicyclic) bond motifs is 1. The Balaban J connectivity index is 2.17. The maximum absolute atomic E-state index is 10.7. The Morgan fingerprint density at radius 1 is 1.05 bits per heavy atom. The van der Waals surface area contributed by atoms with Gasteiger partial charge in [-0.05, 0) is 47.9 Å². The highest BCUT2D eigenvalue weighted by Crippen LogP contribution is 2.31. The average Bonchev–Trinajstić information content (AvgIpc) is 2.48. The van der Waals surface area contributed by atoms with Crippen molar-refractivity contribution in [1.82, 2.24) is 4.98 Å². The fourth-order valence-electron chi connectivity index (χ4n) is 2.44. The van der Waals surface area contributed by atoms with Crippen LogP contribution in [0.5, 0.6) is 0 Å². The van der Waals surface area contributed by atoms with Crippen molar-refractivity contribution >= 4 is 26.8 Å². The quantitative estimate of drug-likeness (QED) is 0.757. The highest BCUT2D eigenvalue weighted by Gasteiger charge is 2.16. The van der Waals surface area contributed by atoms with Crippen molar-refractivity contribution in [3.63, 3.8) is 0 Å². The van der Waals surface area contributed by atoms with E-state index >= 15 is 0 Å². The van der Waals surface area contributed by atoms with E-state index < -0.39 is 6.10 Å². The van der Waals surface area contributed by atoms with Gasteiger partial charge in [-0.3, -0.25) is 4.98 Å². The minimum atomic E-state index is -0.652. The van der Waals surface area contributed by atoms with Crippen LogP contribution in [0.2, 0.25) is 0 Å². The molecule has 100 valence electrons. The summed E-state index contributed by atoms with van der Waals surface area (Å²) in [6.07, 6.45) is 1.11. The lowest BCUT2D eigenvalue weighted by molar-refractivity contribution is 0.221. The van der Waals surface area contributed by atoms with Crippen LogP contribution in [0.4, 0.5) is 0 Å². The number of hydrogen-bond acceptors (Lipinski definition) is 2. The molecule has 3 aromatic rings. The molecule has 1 aromatic heterocycles. The zero-order chi connectivity index (χ0) is 14.1. The van der Waals surface area contributed by atoms with Gasteiger partial charge >= 0.3 is 0 Å². The number of nitrogens with zero attached hydrogens (tertiary/aromatic N) is 1. The van der Waals surface area contributed by atoms with Crippen LogP contribution in [0.25, 0.3) is 10.9 Å². The number of halogens is 1. The van der Waals surface area contributed by atoms with Crippen molar-refractivity contribution in [2.45, 2.75) is 13.0 Å². The first-order valence-electron chi connectivity index (χ1n) is 6.44. The Kier molecular flexibility index (Phi) is 3.55. The number of rotatable bonds is 2. The maximum atomic E-state index is 10.7. The normalized spacial score (nSPS) is 12.6. The van der Waals surface area contributed by atoms with Crippen LogP contribution in [-0.4, -0.2) is 10.1 Å². The molecule has 2 nitrogen and oxygen atoms in total. The monoisotopic (exact) mass is 327 g/mol. The smallest absolute Gasteiger partial charge is 0.105 e. The van der Waals surface area contributed by atoms with Crippen LogP contribution in [-0.2, 0) is 0 Å². The van der Waals surface area contributed by atoms with Crippen molar-refractivity contribution in [1.29, 1.82) is 0 Å². The van der Waals surface area contributed by atoms with Crippen LogP contribution in [0.3, 0.4) is 0 Å².